The standard InChI is InChI=1S/C19H22N6/c1-2-4-18(5-3-1)25-15-22-19(23-25)14-21-16-8-12-24(13-9-16)17-6-10-20-11-7-17/h1-7,10-11,15-16,21H,8-9,12-14H2. The third-order valence-corrected chi connectivity index (χ3v) is 4.63. The van der Waals surface area contributed by atoms with Crippen molar-refractivity contribution < 1.29 is 0 Å². The van der Waals surface area contributed by atoms with E-state index in [0.29, 0.717) is 12.6 Å². The summed E-state index contributed by atoms with van der Waals surface area (Å²) >= 11 is 0. The van der Waals surface area contributed by atoms with Crippen LogP contribution in [0.3, 0.4) is 0 Å². The number of benzene rings is 1. The number of pyridine rings is 1. The number of piperidine rings is 1. The predicted molar refractivity (Wildman–Crippen MR) is 97.7 cm³/mol. The van der Waals surface area contributed by atoms with Crippen LogP contribution in [0.5, 0.6) is 0 Å². The van der Waals surface area contributed by atoms with Gasteiger partial charge in [0.15, 0.2) is 5.82 Å². The molecule has 1 aliphatic rings. The zero-order valence-electron chi connectivity index (χ0n) is 14.1. The van der Waals surface area contributed by atoms with Gasteiger partial charge in [-0.2, -0.15) is 0 Å². The average molecular weight is 334 g/mol. The normalized spacial score (nSPS) is 15.4. The summed E-state index contributed by atoms with van der Waals surface area (Å²) in [6.45, 7) is 2.83. The van der Waals surface area contributed by atoms with Gasteiger partial charge in [0.05, 0.1) is 12.2 Å². The fraction of sp³-hybridized carbons (Fsp3) is 0.316. The lowest BCUT2D eigenvalue weighted by Crippen LogP contribution is -2.42. The molecule has 3 aromatic rings. The summed E-state index contributed by atoms with van der Waals surface area (Å²) in [5.41, 5.74) is 2.30. The molecule has 6 heteroatoms. The number of para-hydroxylation sites is 1. The van der Waals surface area contributed by atoms with Crippen LogP contribution in [0.2, 0.25) is 0 Å². The maximum Gasteiger partial charge on any atom is 0.164 e. The molecule has 6 nitrogen and oxygen atoms in total. The zero-order chi connectivity index (χ0) is 16.9. The predicted octanol–water partition coefficient (Wildman–Crippen LogP) is 2.42. The summed E-state index contributed by atoms with van der Waals surface area (Å²) in [6, 6.07) is 14.7. The van der Waals surface area contributed by atoms with Crippen LogP contribution < -0.4 is 10.2 Å². The summed E-state index contributed by atoms with van der Waals surface area (Å²) in [6.07, 6.45) is 7.74. The van der Waals surface area contributed by atoms with Crippen LogP contribution in [0.15, 0.2) is 61.2 Å². The number of hydrogen-bond donors (Lipinski definition) is 1. The van der Waals surface area contributed by atoms with Gasteiger partial charge in [-0.3, -0.25) is 4.98 Å². The summed E-state index contributed by atoms with van der Waals surface area (Å²) in [5.74, 6) is 0.834. The molecule has 0 aliphatic carbocycles. The SMILES string of the molecule is c1ccc(-n2cnc(CNC3CCN(c4ccncc4)CC3)n2)cc1. The van der Waals surface area contributed by atoms with Crippen molar-refractivity contribution >= 4 is 5.69 Å². The van der Waals surface area contributed by atoms with Crippen molar-refractivity contribution in [2.24, 2.45) is 0 Å². The molecule has 0 bridgehead atoms. The maximum absolute atomic E-state index is 4.55. The van der Waals surface area contributed by atoms with Gasteiger partial charge >= 0.3 is 0 Å². The van der Waals surface area contributed by atoms with E-state index >= 15 is 0 Å². The van der Waals surface area contributed by atoms with Crippen LogP contribution in [0.25, 0.3) is 5.69 Å². The van der Waals surface area contributed by atoms with E-state index in [2.05, 4.69) is 37.4 Å². The molecule has 3 heterocycles. The highest BCUT2D eigenvalue weighted by atomic mass is 15.3. The Kier molecular flexibility index (Phi) is 4.70. The Bertz CT molecular complexity index is 778. The molecule has 25 heavy (non-hydrogen) atoms. The van der Waals surface area contributed by atoms with Crippen molar-refractivity contribution in [3.05, 3.63) is 67.0 Å². The first-order valence-corrected chi connectivity index (χ1v) is 8.73. The quantitative estimate of drug-likeness (QED) is 0.776. The third-order valence-electron chi connectivity index (χ3n) is 4.63. The van der Waals surface area contributed by atoms with Crippen molar-refractivity contribution in [2.45, 2.75) is 25.4 Å². The zero-order valence-corrected chi connectivity index (χ0v) is 14.1. The van der Waals surface area contributed by atoms with E-state index < -0.39 is 0 Å². The first kappa shape index (κ1) is 15.8. The highest BCUT2D eigenvalue weighted by Crippen LogP contribution is 2.19. The average Bonchev–Trinajstić information content (AvgIpc) is 3.17. The van der Waals surface area contributed by atoms with Crippen molar-refractivity contribution in [3.63, 3.8) is 0 Å². The Morgan fingerprint density at radius 3 is 2.48 bits per heavy atom. The Balaban J connectivity index is 1.28. The Hall–Kier alpha value is -2.73. The Morgan fingerprint density at radius 2 is 1.72 bits per heavy atom. The smallest absolute Gasteiger partial charge is 0.164 e. The second-order valence-corrected chi connectivity index (χ2v) is 6.29. The van der Waals surface area contributed by atoms with E-state index in [4.69, 9.17) is 0 Å². The van der Waals surface area contributed by atoms with Gasteiger partial charge in [-0.1, -0.05) is 18.2 Å². The first-order valence-electron chi connectivity index (χ1n) is 8.73. The number of hydrogen-bond acceptors (Lipinski definition) is 5. The van der Waals surface area contributed by atoms with Gasteiger partial charge < -0.3 is 10.2 Å². The van der Waals surface area contributed by atoms with Gasteiger partial charge in [0, 0.05) is 37.2 Å². The summed E-state index contributed by atoms with van der Waals surface area (Å²) < 4.78 is 1.82. The van der Waals surface area contributed by atoms with Crippen molar-refractivity contribution in [1.29, 1.82) is 0 Å². The number of nitrogens with zero attached hydrogens (tertiary/aromatic N) is 5. The van der Waals surface area contributed by atoms with E-state index in [-0.39, 0.29) is 0 Å². The Labute approximate surface area is 147 Å². The minimum absolute atomic E-state index is 0.516. The molecule has 0 atom stereocenters. The minimum atomic E-state index is 0.516. The highest BCUT2D eigenvalue weighted by molar-refractivity contribution is 5.44. The van der Waals surface area contributed by atoms with Gasteiger partial charge in [0.1, 0.15) is 6.33 Å². The van der Waals surface area contributed by atoms with Crippen LogP contribution in [-0.2, 0) is 6.54 Å². The molecule has 0 radical (unpaired) electrons. The topological polar surface area (TPSA) is 58.9 Å². The molecule has 1 aromatic carbocycles. The largest absolute Gasteiger partial charge is 0.371 e. The van der Waals surface area contributed by atoms with E-state index in [1.807, 2.05) is 47.4 Å². The molecule has 2 aromatic heterocycles. The minimum Gasteiger partial charge on any atom is -0.371 e. The molecule has 128 valence electrons. The van der Waals surface area contributed by atoms with E-state index in [1.165, 1.54) is 5.69 Å². The number of aromatic nitrogens is 4. The summed E-state index contributed by atoms with van der Waals surface area (Å²) in [7, 11) is 0. The molecule has 0 spiro atoms. The van der Waals surface area contributed by atoms with E-state index in [9.17, 15) is 0 Å². The lowest BCUT2D eigenvalue weighted by molar-refractivity contribution is 0.409. The van der Waals surface area contributed by atoms with Crippen LogP contribution in [0.4, 0.5) is 5.69 Å². The van der Waals surface area contributed by atoms with Crippen molar-refractivity contribution in [1.82, 2.24) is 25.1 Å². The number of nitrogens with one attached hydrogen (secondary N) is 1. The van der Waals surface area contributed by atoms with Gasteiger partial charge in [-0.25, -0.2) is 9.67 Å². The monoisotopic (exact) mass is 334 g/mol. The second-order valence-electron chi connectivity index (χ2n) is 6.29. The molecule has 1 fully saturated rings. The van der Waals surface area contributed by atoms with Crippen molar-refractivity contribution in [3.8, 4) is 5.69 Å². The van der Waals surface area contributed by atoms with Crippen LogP contribution in [0.1, 0.15) is 18.7 Å². The first-order chi connectivity index (χ1) is 12.4. The molecule has 0 amide bonds. The van der Waals surface area contributed by atoms with Gasteiger partial charge in [-0.15, -0.1) is 5.10 Å². The van der Waals surface area contributed by atoms with E-state index in [1.54, 1.807) is 6.33 Å². The molecule has 1 aliphatic heterocycles. The fourth-order valence-corrected chi connectivity index (χ4v) is 3.22. The summed E-state index contributed by atoms with van der Waals surface area (Å²) in [5, 5.41) is 8.15. The molecular weight excluding hydrogens is 312 g/mol. The molecule has 4 rings (SSSR count). The molecule has 0 saturated carbocycles. The van der Waals surface area contributed by atoms with Crippen LogP contribution >= 0.6 is 0 Å². The molecule has 0 unspecified atom stereocenters. The van der Waals surface area contributed by atoms with Crippen LogP contribution in [0, 0.1) is 0 Å². The van der Waals surface area contributed by atoms with Crippen molar-refractivity contribution in [2.75, 3.05) is 18.0 Å². The lowest BCUT2D eigenvalue weighted by atomic mass is 10.0. The van der Waals surface area contributed by atoms with Gasteiger partial charge in [-0.05, 0) is 37.1 Å². The second kappa shape index (κ2) is 7.44. The van der Waals surface area contributed by atoms with Gasteiger partial charge in [0.25, 0.3) is 0 Å². The number of rotatable bonds is 5. The fourth-order valence-electron chi connectivity index (χ4n) is 3.22. The highest BCUT2D eigenvalue weighted by Gasteiger charge is 2.19. The van der Waals surface area contributed by atoms with Gasteiger partial charge in [0.2, 0.25) is 0 Å². The lowest BCUT2D eigenvalue weighted by Gasteiger charge is -2.33. The molecule has 1 N–H and O–H groups in total. The van der Waals surface area contributed by atoms with Crippen LogP contribution in [-0.4, -0.2) is 38.9 Å². The summed E-state index contributed by atoms with van der Waals surface area (Å²) in [4.78, 5) is 10.9. The number of anilines is 1. The third kappa shape index (κ3) is 3.85. The van der Waals surface area contributed by atoms with E-state index in [0.717, 1.165) is 37.4 Å². The maximum atomic E-state index is 4.55. The molecule has 1 saturated heterocycles. The molecular formula is C19H22N6. The Morgan fingerprint density at radius 1 is 0.960 bits per heavy atom.